The number of alkyl halides is 1. The zero-order valence-electron chi connectivity index (χ0n) is 22.4. The Labute approximate surface area is 223 Å². The number of unbranched alkanes of at least 4 members (excludes halogenated alkanes) is 1. The summed E-state index contributed by atoms with van der Waals surface area (Å²) < 4.78 is 35.9. The molecular formula is C31H38F2O5. The van der Waals surface area contributed by atoms with Gasteiger partial charge in [0.2, 0.25) is 0 Å². The zero-order valence-corrected chi connectivity index (χ0v) is 22.4. The number of carbonyl (C=O) groups excluding carboxylic acids is 2. The number of rotatable bonds is 7. The largest absolute Gasteiger partial charge is 0.494 e. The smallest absolute Gasteiger partial charge is 0.178 e. The fraction of sp³-hybridized carbons (Fsp3) is 0.613. The van der Waals surface area contributed by atoms with Crippen molar-refractivity contribution < 1.29 is 33.3 Å². The number of Topliss-reactive ketones (excluding diaryl/α,β-unsaturated/α-hetero) is 1. The van der Waals surface area contributed by atoms with E-state index >= 15 is 4.39 Å². The average Bonchev–Trinajstić information content (AvgIpc) is 3.07. The van der Waals surface area contributed by atoms with Crippen LogP contribution in [0.5, 0.6) is 5.75 Å². The van der Waals surface area contributed by atoms with Gasteiger partial charge in [0.05, 0.1) is 12.7 Å². The van der Waals surface area contributed by atoms with Gasteiger partial charge in [0, 0.05) is 23.2 Å². The van der Waals surface area contributed by atoms with Crippen LogP contribution in [0.15, 0.2) is 48.1 Å². The third-order valence-electron chi connectivity index (χ3n) is 10.5. The fourth-order valence-corrected chi connectivity index (χ4v) is 8.44. The molecule has 5 nitrogen and oxygen atoms in total. The maximum absolute atomic E-state index is 17.2. The van der Waals surface area contributed by atoms with Crippen molar-refractivity contribution in [1.29, 1.82) is 0 Å². The summed E-state index contributed by atoms with van der Waals surface area (Å²) in [5, 5.41) is 23.5. The number of hydrogen-bond acceptors (Lipinski definition) is 5. The number of carbonyl (C=O) groups is 2. The summed E-state index contributed by atoms with van der Waals surface area (Å²) in [5.74, 6) is -1.39. The van der Waals surface area contributed by atoms with Crippen LogP contribution < -0.4 is 4.74 Å². The molecule has 3 saturated carbocycles. The molecular weight excluding hydrogens is 490 g/mol. The average molecular weight is 529 g/mol. The van der Waals surface area contributed by atoms with Crippen LogP contribution in [-0.2, 0) is 9.59 Å². The molecule has 0 radical (unpaired) electrons. The lowest BCUT2D eigenvalue weighted by atomic mass is 9.44. The molecule has 1 aromatic carbocycles. The normalized spacial score (nSPS) is 41.7. The summed E-state index contributed by atoms with van der Waals surface area (Å²) in [6.07, 6.45) is 5.91. The topological polar surface area (TPSA) is 83.8 Å². The van der Waals surface area contributed by atoms with Crippen molar-refractivity contribution in [2.45, 2.75) is 83.1 Å². The van der Waals surface area contributed by atoms with Crippen LogP contribution in [0.4, 0.5) is 8.78 Å². The minimum absolute atomic E-state index is 0.0183. The standard InChI is InChI=1S/C31H38F2O5/c1-19-16-25-24-12-7-20-17-22(34)13-14-28(20,2)30(24,33)27(36)18-29(25,3)31(19,37)26(35)6-4-5-15-38-23-10-8-21(32)9-11-23/h8-11,13-14,17,19,24-25,27,36-37H,4-7,12,15-16,18H2,1-3H3/t19-,24+,25+,27+,28+,29+,30+,31+/m1/s1. The van der Waals surface area contributed by atoms with Gasteiger partial charge in [-0.1, -0.05) is 25.5 Å². The van der Waals surface area contributed by atoms with Gasteiger partial charge in [-0.25, -0.2) is 8.78 Å². The van der Waals surface area contributed by atoms with Gasteiger partial charge >= 0.3 is 0 Å². The highest BCUT2D eigenvalue weighted by Gasteiger charge is 2.75. The monoisotopic (exact) mass is 528 g/mol. The van der Waals surface area contributed by atoms with E-state index in [4.69, 9.17) is 4.74 Å². The summed E-state index contributed by atoms with van der Waals surface area (Å²) in [4.78, 5) is 25.6. The Bertz CT molecular complexity index is 1180. The number of benzene rings is 1. The number of fused-ring (bicyclic) bond motifs is 5. The summed E-state index contributed by atoms with van der Waals surface area (Å²) >= 11 is 0. The Balaban J connectivity index is 1.31. The molecule has 0 heterocycles. The molecule has 0 spiro atoms. The molecule has 3 fully saturated rings. The number of aliphatic hydroxyl groups excluding tert-OH is 1. The van der Waals surface area contributed by atoms with E-state index in [9.17, 15) is 24.2 Å². The Morgan fingerprint density at radius 1 is 1.16 bits per heavy atom. The lowest BCUT2D eigenvalue weighted by molar-refractivity contribution is -0.218. The first kappa shape index (κ1) is 27.2. The van der Waals surface area contributed by atoms with Crippen LogP contribution in [0.2, 0.25) is 0 Å². The first-order valence-electron chi connectivity index (χ1n) is 13.8. The summed E-state index contributed by atoms with van der Waals surface area (Å²) in [7, 11) is 0. The van der Waals surface area contributed by atoms with Gasteiger partial charge in [0.1, 0.15) is 17.2 Å². The molecule has 8 atom stereocenters. The Morgan fingerprint density at radius 3 is 2.58 bits per heavy atom. The fourth-order valence-electron chi connectivity index (χ4n) is 8.44. The first-order chi connectivity index (χ1) is 17.9. The minimum Gasteiger partial charge on any atom is -0.494 e. The highest BCUT2D eigenvalue weighted by molar-refractivity contribution is 6.01. The van der Waals surface area contributed by atoms with Crippen molar-refractivity contribution in [2.75, 3.05) is 6.61 Å². The van der Waals surface area contributed by atoms with E-state index in [1.165, 1.54) is 24.3 Å². The maximum atomic E-state index is 17.2. The number of hydrogen-bond donors (Lipinski definition) is 2. The van der Waals surface area contributed by atoms with E-state index in [1.54, 1.807) is 25.1 Å². The maximum Gasteiger partial charge on any atom is 0.178 e. The number of halogens is 2. The Kier molecular flexibility index (Phi) is 6.71. The molecule has 2 N–H and O–H groups in total. The predicted octanol–water partition coefficient (Wildman–Crippen LogP) is 5.29. The zero-order chi connectivity index (χ0) is 27.5. The molecule has 5 rings (SSSR count). The van der Waals surface area contributed by atoms with Crippen LogP contribution in [-0.4, -0.2) is 45.8 Å². The highest BCUT2D eigenvalue weighted by Crippen LogP contribution is 2.70. The highest BCUT2D eigenvalue weighted by atomic mass is 19.1. The summed E-state index contributed by atoms with van der Waals surface area (Å²) in [6.45, 7) is 5.85. The minimum atomic E-state index is -1.98. The summed E-state index contributed by atoms with van der Waals surface area (Å²) in [5.41, 5.74) is -4.98. The van der Waals surface area contributed by atoms with Gasteiger partial charge in [-0.15, -0.1) is 0 Å². The number of allylic oxidation sites excluding steroid dienone is 4. The van der Waals surface area contributed by atoms with Crippen LogP contribution in [0.25, 0.3) is 0 Å². The van der Waals surface area contributed by atoms with Gasteiger partial charge in [-0.05, 0) is 93.7 Å². The molecule has 4 aliphatic carbocycles. The number of ether oxygens (including phenoxy) is 1. The van der Waals surface area contributed by atoms with Crippen molar-refractivity contribution in [3.8, 4) is 5.75 Å². The lowest BCUT2D eigenvalue weighted by Gasteiger charge is -2.62. The van der Waals surface area contributed by atoms with Gasteiger partial charge in [-0.3, -0.25) is 9.59 Å². The molecule has 1 aromatic rings. The second-order valence-electron chi connectivity index (χ2n) is 12.4. The third-order valence-corrected chi connectivity index (χ3v) is 10.5. The van der Waals surface area contributed by atoms with Crippen LogP contribution in [0.1, 0.15) is 65.7 Å². The van der Waals surface area contributed by atoms with E-state index in [1.807, 2.05) is 13.8 Å². The van der Waals surface area contributed by atoms with Crippen LogP contribution >= 0.6 is 0 Å². The predicted molar refractivity (Wildman–Crippen MR) is 139 cm³/mol. The van der Waals surface area contributed by atoms with E-state index < -0.39 is 34.1 Å². The molecule has 0 aliphatic heterocycles. The molecule has 7 heteroatoms. The van der Waals surface area contributed by atoms with E-state index in [-0.39, 0.29) is 42.1 Å². The van der Waals surface area contributed by atoms with Crippen molar-refractivity contribution >= 4 is 11.6 Å². The third kappa shape index (κ3) is 3.75. The first-order valence-corrected chi connectivity index (χ1v) is 13.8. The molecule has 4 aliphatic rings. The molecule has 38 heavy (non-hydrogen) atoms. The van der Waals surface area contributed by atoms with Gasteiger partial charge in [0.25, 0.3) is 0 Å². The quantitative estimate of drug-likeness (QED) is 0.470. The molecule has 0 aromatic heterocycles. The van der Waals surface area contributed by atoms with E-state index in [2.05, 4.69) is 0 Å². The number of aliphatic hydroxyl groups is 2. The molecule has 206 valence electrons. The number of ketones is 2. The second-order valence-corrected chi connectivity index (χ2v) is 12.4. The van der Waals surface area contributed by atoms with E-state index in [0.29, 0.717) is 50.0 Å². The molecule has 0 unspecified atom stereocenters. The second kappa shape index (κ2) is 9.37. The van der Waals surface area contributed by atoms with Crippen molar-refractivity contribution in [3.05, 3.63) is 53.9 Å². The molecule has 0 amide bonds. The molecule has 0 bridgehead atoms. The SMILES string of the molecule is C[C@@H]1C[C@H]2[C@@H]3CCC4=CC(=O)C=C[C@]4(C)[C@@]3(F)[C@@H](O)C[C@]2(C)[C@@]1(O)C(=O)CCCCOc1ccc(F)cc1. The van der Waals surface area contributed by atoms with Crippen LogP contribution in [0, 0.1) is 34.4 Å². The van der Waals surface area contributed by atoms with Crippen molar-refractivity contribution in [3.63, 3.8) is 0 Å². The van der Waals surface area contributed by atoms with Gasteiger partial charge in [-0.2, -0.15) is 0 Å². The van der Waals surface area contributed by atoms with Crippen molar-refractivity contribution in [2.24, 2.45) is 28.6 Å². The van der Waals surface area contributed by atoms with Gasteiger partial charge < -0.3 is 14.9 Å². The Hall–Kier alpha value is -2.38. The van der Waals surface area contributed by atoms with Gasteiger partial charge in [0.15, 0.2) is 17.2 Å². The Morgan fingerprint density at radius 2 is 1.87 bits per heavy atom. The van der Waals surface area contributed by atoms with E-state index in [0.717, 1.165) is 0 Å². The molecule has 0 saturated heterocycles. The van der Waals surface area contributed by atoms with Crippen molar-refractivity contribution in [1.82, 2.24) is 0 Å². The summed E-state index contributed by atoms with van der Waals surface area (Å²) in [6, 6.07) is 5.75. The lowest BCUT2D eigenvalue weighted by Crippen LogP contribution is -2.69. The van der Waals surface area contributed by atoms with Crippen LogP contribution in [0.3, 0.4) is 0 Å².